The molecule has 0 saturated carbocycles. The molecule has 0 aliphatic heterocycles. The molecule has 0 saturated heterocycles. The minimum atomic E-state index is 0.628. The lowest BCUT2D eigenvalue weighted by molar-refractivity contribution is 0.646. The van der Waals surface area contributed by atoms with E-state index in [0.717, 1.165) is 12.1 Å². The molecule has 3 nitrogen and oxygen atoms in total. The summed E-state index contributed by atoms with van der Waals surface area (Å²) in [5.74, 6) is 0. The molecular formula is C9H10IN3. The van der Waals surface area contributed by atoms with Gasteiger partial charge in [-0.25, -0.2) is 0 Å². The summed E-state index contributed by atoms with van der Waals surface area (Å²) in [6.45, 7) is 1.41. The van der Waals surface area contributed by atoms with E-state index in [1.165, 1.54) is 8.96 Å². The molecule has 4 heteroatoms. The second kappa shape index (κ2) is 3.63. The second-order valence-corrected chi connectivity index (χ2v) is 4.11. The molecule has 0 radical (unpaired) electrons. The van der Waals surface area contributed by atoms with Crippen molar-refractivity contribution < 1.29 is 0 Å². The van der Waals surface area contributed by atoms with Gasteiger partial charge in [0.2, 0.25) is 0 Å². The highest BCUT2D eigenvalue weighted by molar-refractivity contribution is 14.1. The van der Waals surface area contributed by atoms with Crippen molar-refractivity contribution in [3.8, 4) is 0 Å². The van der Waals surface area contributed by atoms with Crippen LogP contribution in [0.2, 0.25) is 0 Å². The Bertz CT molecular complexity index is 422. The first-order valence-corrected chi connectivity index (χ1v) is 5.20. The van der Waals surface area contributed by atoms with Gasteiger partial charge in [0.1, 0.15) is 0 Å². The fraction of sp³-hybridized carbons (Fsp3) is 0.222. The van der Waals surface area contributed by atoms with Crippen molar-refractivity contribution in [1.29, 1.82) is 0 Å². The Hall–Kier alpha value is -0.620. The summed E-state index contributed by atoms with van der Waals surface area (Å²) in [5, 5.41) is 5.44. The van der Waals surface area contributed by atoms with Crippen LogP contribution >= 0.6 is 22.6 Å². The summed E-state index contributed by atoms with van der Waals surface area (Å²) < 4.78 is 3.17. The van der Waals surface area contributed by atoms with Gasteiger partial charge < -0.3 is 5.73 Å². The van der Waals surface area contributed by atoms with E-state index in [-0.39, 0.29) is 0 Å². The quantitative estimate of drug-likeness (QED) is 0.853. The van der Waals surface area contributed by atoms with Gasteiger partial charge in [0, 0.05) is 15.5 Å². The van der Waals surface area contributed by atoms with E-state index in [0.29, 0.717) is 6.54 Å². The number of fused-ring (bicyclic) bond motifs is 1. The average Bonchev–Trinajstić information content (AvgIpc) is 2.49. The van der Waals surface area contributed by atoms with Crippen LogP contribution in [0.25, 0.3) is 10.9 Å². The van der Waals surface area contributed by atoms with Gasteiger partial charge >= 0.3 is 0 Å². The van der Waals surface area contributed by atoms with E-state index >= 15 is 0 Å². The van der Waals surface area contributed by atoms with Crippen LogP contribution in [0.15, 0.2) is 24.4 Å². The number of hydrogen-bond acceptors (Lipinski definition) is 2. The topological polar surface area (TPSA) is 43.8 Å². The molecule has 0 unspecified atom stereocenters. The van der Waals surface area contributed by atoms with Gasteiger partial charge in [0.05, 0.1) is 18.3 Å². The van der Waals surface area contributed by atoms with Crippen molar-refractivity contribution >= 4 is 33.5 Å². The summed E-state index contributed by atoms with van der Waals surface area (Å²) in [6.07, 6.45) is 1.88. The summed E-state index contributed by atoms with van der Waals surface area (Å²) in [6, 6.07) is 6.28. The van der Waals surface area contributed by atoms with Crippen molar-refractivity contribution in [2.75, 3.05) is 6.54 Å². The van der Waals surface area contributed by atoms with E-state index < -0.39 is 0 Å². The lowest BCUT2D eigenvalue weighted by Crippen LogP contribution is -2.10. The second-order valence-electron chi connectivity index (χ2n) is 2.86. The molecule has 0 amide bonds. The molecule has 0 fully saturated rings. The van der Waals surface area contributed by atoms with Gasteiger partial charge in [-0.3, -0.25) is 4.68 Å². The summed E-state index contributed by atoms with van der Waals surface area (Å²) in [4.78, 5) is 0. The lowest BCUT2D eigenvalue weighted by atomic mass is 10.2. The third-order valence-corrected chi connectivity index (χ3v) is 2.62. The molecule has 0 spiro atoms. The van der Waals surface area contributed by atoms with Crippen LogP contribution in [0, 0.1) is 3.57 Å². The molecule has 2 rings (SSSR count). The third kappa shape index (κ3) is 1.68. The van der Waals surface area contributed by atoms with Gasteiger partial charge in [0.25, 0.3) is 0 Å². The fourth-order valence-electron chi connectivity index (χ4n) is 1.36. The molecule has 1 heterocycles. The maximum atomic E-state index is 5.48. The largest absolute Gasteiger partial charge is 0.329 e. The van der Waals surface area contributed by atoms with Crippen molar-refractivity contribution in [3.05, 3.63) is 28.0 Å². The molecular weight excluding hydrogens is 277 g/mol. The Morgan fingerprint density at radius 2 is 2.31 bits per heavy atom. The molecule has 68 valence electrons. The molecule has 2 aromatic rings. The minimum absolute atomic E-state index is 0.628. The zero-order valence-corrected chi connectivity index (χ0v) is 9.23. The molecule has 2 N–H and O–H groups in total. The van der Waals surface area contributed by atoms with Crippen LogP contribution in [0.5, 0.6) is 0 Å². The normalized spacial score (nSPS) is 10.9. The van der Waals surface area contributed by atoms with Crippen molar-refractivity contribution in [2.24, 2.45) is 5.73 Å². The first-order valence-electron chi connectivity index (χ1n) is 4.12. The first kappa shape index (κ1) is 8.96. The maximum absolute atomic E-state index is 5.48. The minimum Gasteiger partial charge on any atom is -0.329 e. The van der Waals surface area contributed by atoms with Crippen LogP contribution in [0.1, 0.15) is 0 Å². The molecule has 13 heavy (non-hydrogen) atoms. The zero-order valence-electron chi connectivity index (χ0n) is 7.07. The van der Waals surface area contributed by atoms with Gasteiger partial charge in [-0.1, -0.05) is 0 Å². The Labute approximate surface area is 90.1 Å². The van der Waals surface area contributed by atoms with Crippen LogP contribution in [-0.2, 0) is 6.54 Å². The number of halogens is 1. The van der Waals surface area contributed by atoms with Crippen molar-refractivity contribution in [3.63, 3.8) is 0 Å². The molecule has 0 aliphatic rings. The number of benzene rings is 1. The van der Waals surface area contributed by atoms with Crippen LogP contribution in [-0.4, -0.2) is 16.3 Å². The van der Waals surface area contributed by atoms with E-state index in [9.17, 15) is 0 Å². The zero-order chi connectivity index (χ0) is 9.26. The number of rotatable bonds is 2. The molecule has 0 bridgehead atoms. The molecule has 0 aliphatic carbocycles. The van der Waals surface area contributed by atoms with E-state index in [1.54, 1.807) is 0 Å². The Kier molecular flexibility index (Phi) is 2.50. The van der Waals surface area contributed by atoms with E-state index in [2.05, 4.69) is 45.9 Å². The van der Waals surface area contributed by atoms with Crippen molar-refractivity contribution in [2.45, 2.75) is 6.54 Å². The number of nitrogens with two attached hydrogens (primary N) is 1. The summed E-state index contributed by atoms with van der Waals surface area (Å²) in [7, 11) is 0. The number of aromatic nitrogens is 2. The van der Waals surface area contributed by atoms with Crippen LogP contribution < -0.4 is 5.73 Å². The standard InChI is InChI=1S/C9H10IN3/c10-8-1-2-9-7(5-8)6-12-13(9)4-3-11/h1-2,5-6H,3-4,11H2. The summed E-state index contributed by atoms with van der Waals surface area (Å²) >= 11 is 2.30. The SMILES string of the molecule is NCCn1ncc2cc(I)ccc21. The number of hydrogen-bond donors (Lipinski definition) is 1. The molecule has 1 aromatic heterocycles. The fourth-order valence-corrected chi connectivity index (χ4v) is 1.87. The summed E-state index contributed by atoms with van der Waals surface area (Å²) in [5.41, 5.74) is 6.64. The van der Waals surface area contributed by atoms with E-state index in [4.69, 9.17) is 5.73 Å². The first-order chi connectivity index (χ1) is 6.31. The van der Waals surface area contributed by atoms with E-state index in [1.807, 2.05) is 10.9 Å². The monoisotopic (exact) mass is 287 g/mol. The molecule has 0 atom stereocenters. The third-order valence-electron chi connectivity index (χ3n) is 1.94. The van der Waals surface area contributed by atoms with Crippen LogP contribution in [0.4, 0.5) is 0 Å². The highest BCUT2D eigenvalue weighted by Gasteiger charge is 2.00. The Morgan fingerprint density at radius 1 is 1.46 bits per heavy atom. The van der Waals surface area contributed by atoms with Gasteiger partial charge in [-0.2, -0.15) is 5.10 Å². The Balaban J connectivity index is 2.55. The maximum Gasteiger partial charge on any atom is 0.0683 e. The predicted molar refractivity (Wildman–Crippen MR) is 61.5 cm³/mol. The van der Waals surface area contributed by atoms with Crippen LogP contribution in [0.3, 0.4) is 0 Å². The highest BCUT2D eigenvalue weighted by Crippen LogP contribution is 2.16. The van der Waals surface area contributed by atoms with Gasteiger partial charge in [0.15, 0.2) is 0 Å². The number of nitrogens with zero attached hydrogens (tertiary/aromatic N) is 2. The van der Waals surface area contributed by atoms with Gasteiger partial charge in [-0.15, -0.1) is 0 Å². The lowest BCUT2D eigenvalue weighted by Gasteiger charge is -1.99. The Morgan fingerprint density at radius 3 is 3.08 bits per heavy atom. The van der Waals surface area contributed by atoms with Gasteiger partial charge in [-0.05, 0) is 40.8 Å². The highest BCUT2D eigenvalue weighted by atomic mass is 127. The smallest absolute Gasteiger partial charge is 0.0683 e. The molecule has 1 aromatic carbocycles. The predicted octanol–water partition coefficient (Wildman–Crippen LogP) is 1.60. The van der Waals surface area contributed by atoms with Crippen molar-refractivity contribution in [1.82, 2.24) is 9.78 Å². The average molecular weight is 287 g/mol.